The number of anilines is 2. The first kappa shape index (κ1) is 19.8. The standard InChI is InChI=1S/C22H21ClN6O/c1-3-4-13-5-7-25-18(9-13)17-6-8-26-22(29-17)27-15-10-14-11-19(21(30)24-2)28-20(14)16(23)12-15/h5-12,28H,3-4H2,1-2H3,(H,24,30)(H,26,27,29). The number of aromatic amines is 1. The first-order valence-corrected chi connectivity index (χ1v) is 10.0. The van der Waals surface area contributed by atoms with Crippen molar-refractivity contribution < 1.29 is 4.79 Å². The monoisotopic (exact) mass is 420 g/mol. The summed E-state index contributed by atoms with van der Waals surface area (Å²) < 4.78 is 0. The molecule has 4 aromatic rings. The molecular formula is C22H21ClN6O. The Balaban J connectivity index is 1.63. The summed E-state index contributed by atoms with van der Waals surface area (Å²) in [4.78, 5) is 28.3. The normalized spacial score (nSPS) is 10.9. The third-order valence-corrected chi connectivity index (χ3v) is 4.99. The summed E-state index contributed by atoms with van der Waals surface area (Å²) in [5, 5.41) is 7.09. The highest BCUT2D eigenvalue weighted by Gasteiger charge is 2.12. The van der Waals surface area contributed by atoms with E-state index in [-0.39, 0.29) is 5.91 Å². The molecule has 3 aromatic heterocycles. The molecule has 0 atom stereocenters. The van der Waals surface area contributed by atoms with Crippen molar-refractivity contribution >= 4 is 40.0 Å². The maximum atomic E-state index is 11.9. The van der Waals surface area contributed by atoms with E-state index in [1.165, 1.54) is 5.56 Å². The number of carbonyl (C=O) groups is 1. The first-order chi connectivity index (χ1) is 14.6. The molecule has 0 saturated carbocycles. The second kappa shape index (κ2) is 8.51. The van der Waals surface area contributed by atoms with Crippen molar-refractivity contribution in [3.05, 3.63) is 65.1 Å². The minimum Gasteiger partial charge on any atom is -0.354 e. The molecule has 4 rings (SSSR count). The molecule has 0 unspecified atom stereocenters. The highest BCUT2D eigenvalue weighted by molar-refractivity contribution is 6.35. The third-order valence-electron chi connectivity index (χ3n) is 4.69. The largest absolute Gasteiger partial charge is 0.354 e. The smallest absolute Gasteiger partial charge is 0.267 e. The topological polar surface area (TPSA) is 95.6 Å². The molecule has 0 aliphatic rings. The van der Waals surface area contributed by atoms with Crippen molar-refractivity contribution in [1.82, 2.24) is 25.3 Å². The second-order valence-corrected chi connectivity index (χ2v) is 7.28. The van der Waals surface area contributed by atoms with E-state index in [1.54, 1.807) is 31.6 Å². The molecule has 3 N–H and O–H groups in total. The number of hydrogen-bond donors (Lipinski definition) is 3. The number of carbonyl (C=O) groups excluding carboxylic acids is 1. The Morgan fingerprint density at radius 3 is 2.73 bits per heavy atom. The summed E-state index contributed by atoms with van der Waals surface area (Å²) in [6.45, 7) is 2.15. The molecule has 1 amide bonds. The van der Waals surface area contributed by atoms with E-state index >= 15 is 0 Å². The van der Waals surface area contributed by atoms with Crippen molar-refractivity contribution in [2.24, 2.45) is 0 Å². The Kier molecular flexibility index (Phi) is 5.63. The van der Waals surface area contributed by atoms with Gasteiger partial charge in [0.1, 0.15) is 5.69 Å². The fraction of sp³-hybridized carbons (Fsp3) is 0.182. The maximum Gasteiger partial charge on any atom is 0.267 e. The minimum absolute atomic E-state index is 0.203. The van der Waals surface area contributed by atoms with E-state index in [9.17, 15) is 4.79 Å². The van der Waals surface area contributed by atoms with Crippen molar-refractivity contribution in [1.29, 1.82) is 0 Å². The number of amides is 1. The minimum atomic E-state index is -0.203. The Labute approximate surface area is 178 Å². The van der Waals surface area contributed by atoms with Crippen LogP contribution < -0.4 is 10.6 Å². The lowest BCUT2D eigenvalue weighted by Gasteiger charge is -2.08. The highest BCUT2D eigenvalue weighted by atomic mass is 35.5. The van der Waals surface area contributed by atoms with Crippen LogP contribution in [0.3, 0.4) is 0 Å². The maximum absolute atomic E-state index is 11.9. The van der Waals surface area contributed by atoms with Crippen LogP contribution in [-0.2, 0) is 6.42 Å². The van der Waals surface area contributed by atoms with Crippen LogP contribution >= 0.6 is 11.6 Å². The number of nitrogens with zero attached hydrogens (tertiary/aromatic N) is 3. The lowest BCUT2D eigenvalue weighted by atomic mass is 10.1. The van der Waals surface area contributed by atoms with Crippen molar-refractivity contribution in [2.45, 2.75) is 19.8 Å². The molecule has 8 heteroatoms. The quantitative estimate of drug-likeness (QED) is 0.419. The molecule has 0 bridgehead atoms. The van der Waals surface area contributed by atoms with Crippen LogP contribution in [0.5, 0.6) is 0 Å². The van der Waals surface area contributed by atoms with Gasteiger partial charge in [0.05, 0.1) is 21.9 Å². The summed E-state index contributed by atoms with van der Waals surface area (Å²) in [6.07, 6.45) is 5.57. The zero-order valence-electron chi connectivity index (χ0n) is 16.7. The number of aromatic nitrogens is 4. The van der Waals surface area contributed by atoms with Gasteiger partial charge in [-0.2, -0.15) is 0 Å². The van der Waals surface area contributed by atoms with Crippen LogP contribution in [0.25, 0.3) is 22.3 Å². The van der Waals surface area contributed by atoms with Gasteiger partial charge in [-0.1, -0.05) is 24.9 Å². The average molecular weight is 421 g/mol. The van der Waals surface area contributed by atoms with Gasteiger partial charge in [0.25, 0.3) is 5.91 Å². The molecule has 0 saturated heterocycles. The number of hydrogen-bond acceptors (Lipinski definition) is 5. The van der Waals surface area contributed by atoms with Gasteiger partial charge in [-0.15, -0.1) is 0 Å². The van der Waals surface area contributed by atoms with Gasteiger partial charge in [-0.25, -0.2) is 9.97 Å². The SMILES string of the molecule is CCCc1ccnc(-c2ccnc(Nc3cc(Cl)c4[nH]c(C(=O)NC)cc4c3)n2)c1. The fourth-order valence-electron chi connectivity index (χ4n) is 3.28. The first-order valence-electron chi connectivity index (χ1n) is 9.67. The Bertz CT molecular complexity index is 1220. The van der Waals surface area contributed by atoms with Crippen LogP contribution in [0.4, 0.5) is 11.6 Å². The zero-order chi connectivity index (χ0) is 21.1. The van der Waals surface area contributed by atoms with E-state index < -0.39 is 0 Å². The lowest BCUT2D eigenvalue weighted by molar-refractivity contribution is 0.0959. The molecule has 3 heterocycles. The summed E-state index contributed by atoms with van der Waals surface area (Å²) in [5.74, 6) is 0.235. The van der Waals surface area contributed by atoms with Gasteiger partial charge in [0, 0.05) is 30.5 Å². The molecule has 0 aliphatic carbocycles. The van der Waals surface area contributed by atoms with E-state index in [1.807, 2.05) is 18.2 Å². The summed E-state index contributed by atoms with van der Waals surface area (Å²) >= 11 is 6.41. The predicted molar refractivity (Wildman–Crippen MR) is 119 cm³/mol. The van der Waals surface area contributed by atoms with Gasteiger partial charge >= 0.3 is 0 Å². The number of pyridine rings is 1. The van der Waals surface area contributed by atoms with Crippen molar-refractivity contribution in [2.75, 3.05) is 12.4 Å². The van der Waals surface area contributed by atoms with Crippen LogP contribution in [0.15, 0.2) is 48.8 Å². The molecule has 0 spiro atoms. The molecular weight excluding hydrogens is 400 g/mol. The highest BCUT2D eigenvalue weighted by Crippen LogP contribution is 2.29. The fourth-order valence-corrected chi connectivity index (χ4v) is 3.55. The summed E-state index contributed by atoms with van der Waals surface area (Å²) in [6, 6.07) is 11.3. The number of halogens is 1. The molecule has 0 aliphatic heterocycles. The molecule has 152 valence electrons. The molecule has 0 radical (unpaired) electrons. The lowest BCUT2D eigenvalue weighted by Crippen LogP contribution is -2.17. The van der Waals surface area contributed by atoms with Gasteiger partial charge in [0.2, 0.25) is 5.95 Å². The third kappa shape index (κ3) is 4.11. The van der Waals surface area contributed by atoms with Crippen LogP contribution in [-0.4, -0.2) is 32.9 Å². The van der Waals surface area contributed by atoms with E-state index in [2.05, 4.69) is 43.6 Å². The summed E-state index contributed by atoms with van der Waals surface area (Å²) in [5.41, 5.74) is 4.64. The molecule has 30 heavy (non-hydrogen) atoms. The van der Waals surface area contributed by atoms with Gasteiger partial charge < -0.3 is 15.6 Å². The number of nitrogens with one attached hydrogen (secondary N) is 3. The van der Waals surface area contributed by atoms with E-state index in [0.29, 0.717) is 22.2 Å². The van der Waals surface area contributed by atoms with Gasteiger partial charge in [-0.3, -0.25) is 9.78 Å². The van der Waals surface area contributed by atoms with Crippen molar-refractivity contribution in [3.8, 4) is 11.4 Å². The van der Waals surface area contributed by atoms with Crippen molar-refractivity contribution in [3.63, 3.8) is 0 Å². The average Bonchev–Trinajstić information content (AvgIpc) is 3.19. The summed E-state index contributed by atoms with van der Waals surface area (Å²) in [7, 11) is 1.58. The Morgan fingerprint density at radius 2 is 1.93 bits per heavy atom. The van der Waals surface area contributed by atoms with Gasteiger partial charge in [0.15, 0.2) is 0 Å². The van der Waals surface area contributed by atoms with Crippen LogP contribution in [0.2, 0.25) is 5.02 Å². The molecule has 1 aromatic carbocycles. The number of benzene rings is 1. The van der Waals surface area contributed by atoms with Crippen LogP contribution in [0.1, 0.15) is 29.4 Å². The molecule has 7 nitrogen and oxygen atoms in total. The predicted octanol–water partition coefficient (Wildman–Crippen LogP) is 4.73. The van der Waals surface area contributed by atoms with Crippen LogP contribution in [0, 0.1) is 0 Å². The Hall–Kier alpha value is -3.45. The number of rotatable bonds is 6. The zero-order valence-corrected chi connectivity index (χ0v) is 17.4. The van der Waals surface area contributed by atoms with Gasteiger partial charge in [-0.05, 0) is 48.4 Å². The number of aryl methyl sites for hydroxylation is 1. The molecule has 0 fully saturated rings. The van der Waals surface area contributed by atoms with E-state index in [4.69, 9.17) is 11.6 Å². The van der Waals surface area contributed by atoms with E-state index in [0.717, 1.165) is 35.3 Å². The number of fused-ring (bicyclic) bond motifs is 1. The number of H-pyrrole nitrogens is 1. The Morgan fingerprint density at radius 1 is 1.10 bits per heavy atom. The second-order valence-electron chi connectivity index (χ2n) is 6.87.